The lowest BCUT2D eigenvalue weighted by molar-refractivity contribution is 0.144. The fraction of sp³-hybridized carbons (Fsp3) is 0.381. The number of aromatic nitrogens is 2. The molecule has 3 aliphatic rings. The van der Waals surface area contributed by atoms with Gasteiger partial charge in [0, 0.05) is 28.8 Å². The van der Waals surface area contributed by atoms with Crippen molar-refractivity contribution in [2.45, 2.75) is 38.3 Å². The summed E-state index contributed by atoms with van der Waals surface area (Å²) in [5.74, 6) is 1.11. The summed E-state index contributed by atoms with van der Waals surface area (Å²) < 4.78 is 6.08. The summed E-state index contributed by atoms with van der Waals surface area (Å²) in [5.41, 5.74) is 6.58. The second kappa shape index (κ2) is 7.84. The number of nitrogens with zero attached hydrogens (tertiary/aromatic N) is 3. The van der Waals surface area contributed by atoms with Crippen LogP contribution in [-0.2, 0) is 6.54 Å². The van der Waals surface area contributed by atoms with Gasteiger partial charge in [-0.05, 0) is 37.8 Å². The van der Waals surface area contributed by atoms with Crippen molar-refractivity contribution in [3.8, 4) is 5.75 Å². The number of aromatic amines is 1. The molecule has 8 heteroatoms. The number of pyridine rings is 1. The summed E-state index contributed by atoms with van der Waals surface area (Å²) in [5, 5.41) is 7.94. The van der Waals surface area contributed by atoms with Crippen molar-refractivity contribution in [3.63, 3.8) is 0 Å². The van der Waals surface area contributed by atoms with Gasteiger partial charge in [-0.1, -0.05) is 23.2 Å². The SMILES string of the molecule is ClC1=CCN=c2c3c([nH]c2=C1)C(C1CCC(Oc2cncc(Cl)c2)CC1)=NNC3. The quantitative estimate of drug-likeness (QED) is 0.786. The van der Waals surface area contributed by atoms with Gasteiger partial charge in [0.2, 0.25) is 0 Å². The highest BCUT2D eigenvalue weighted by molar-refractivity contribution is 6.34. The minimum absolute atomic E-state index is 0.177. The Labute approximate surface area is 178 Å². The van der Waals surface area contributed by atoms with Crippen LogP contribution in [0.1, 0.15) is 36.9 Å². The van der Waals surface area contributed by atoms with Crippen LogP contribution in [0, 0.1) is 5.92 Å². The number of nitrogens with one attached hydrogen (secondary N) is 2. The molecular formula is C21H21Cl2N5O. The topological polar surface area (TPSA) is 74.7 Å². The highest BCUT2D eigenvalue weighted by Gasteiger charge is 2.31. The molecule has 0 spiro atoms. The van der Waals surface area contributed by atoms with Crippen molar-refractivity contribution < 1.29 is 4.74 Å². The number of ether oxygens (including phenoxy) is 1. The molecule has 0 atom stereocenters. The van der Waals surface area contributed by atoms with Crippen molar-refractivity contribution in [2.24, 2.45) is 16.0 Å². The maximum atomic E-state index is 6.24. The van der Waals surface area contributed by atoms with Gasteiger partial charge in [0.1, 0.15) is 5.75 Å². The number of H-pyrrole nitrogens is 1. The van der Waals surface area contributed by atoms with Crippen LogP contribution in [0.15, 0.2) is 39.7 Å². The highest BCUT2D eigenvalue weighted by atomic mass is 35.5. The Kier molecular flexibility index (Phi) is 5.06. The lowest BCUT2D eigenvalue weighted by Crippen LogP contribution is -2.33. The molecule has 2 aromatic heterocycles. The van der Waals surface area contributed by atoms with Crippen molar-refractivity contribution in [1.29, 1.82) is 0 Å². The standard InChI is InChI=1S/C21H21Cl2N5O/c22-13-5-6-25-20-17-11-26-28-19(21(17)27-18(20)8-13)12-1-3-15(4-2-12)29-16-7-14(23)9-24-10-16/h5,7-10,12,15,26-27H,1-4,6,11H2. The molecule has 2 aromatic rings. The molecule has 6 nitrogen and oxygen atoms in total. The van der Waals surface area contributed by atoms with E-state index >= 15 is 0 Å². The van der Waals surface area contributed by atoms with Gasteiger partial charge in [-0.3, -0.25) is 9.98 Å². The predicted octanol–water partition coefficient (Wildman–Crippen LogP) is 3.04. The van der Waals surface area contributed by atoms with Crippen LogP contribution in [0.2, 0.25) is 5.02 Å². The molecule has 0 amide bonds. The predicted molar refractivity (Wildman–Crippen MR) is 114 cm³/mol. The normalized spacial score (nSPS) is 23.2. The number of fused-ring (bicyclic) bond motifs is 3. The molecule has 0 bridgehead atoms. The van der Waals surface area contributed by atoms with Gasteiger partial charge >= 0.3 is 0 Å². The summed E-state index contributed by atoms with van der Waals surface area (Å²) in [4.78, 5) is 12.3. The maximum Gasteiger partial charge on any atom is 0.139 e. The van der Waals surface area contributed by atoms with Crippen molar-refractivity contribution >= 4 is 35.0 Å². The first kappa shape index (κ1) is 18.7. The van der Waals surface area contributed by atoms with Crippen LogP contribution in [0.3, 0.4) is 0 Å². The molecule has 0 saturated heterocycles. The monoisotopic (exact) mass is 429 g/mol. The molecule has 150 valence electrons. The average molecular weight is 430 g/mol. The lowest BCUT2D eigenvalue weighted by atomic mass is 9.82. The van der Waals surface area contributed by atoms with E-state index in [1.807, 2.05) is 18.2 Å². The molecule has 1 aliphatic carbocycles. The molecule has 1 fully saturated rings. The molecule has 4 heterocycles. The third kappa shape index (κ3) is 3.79. The summed E-state index contributed by atoms with van der Waals surface area (Å²) in [6.07, 6.45) is 11.3. The van der Waals surface area contributed by atoms with Gasteiger partial charge in [0.25, 0.3) is 0 Å². The first-order valence-corrected chi connectivity index (χ1v) is 10.6. The summed E-state index contributed by atoms with van der Waals surface area (Å²) in [7, 11) is 0. The van der Waals surface area contributed by atoms with E-state index in [9.17, 15) is 0 Å². The second-order valence-corrected chi connectivity index (χ2v) is 8.45. The number of hydrogen-bond acceptors (Lipinski definition) is 5. The van der Waals surface area contributed by atoms with E-state index in [0.29, 0.717) is 29.1 Å². The van der Waals surface area contributed by atoms with Crippen LogP contribution in [0.25, 0.3) is 6.08 Å². The zero-order valence-electron chi connectivity index (χ0n) is 15.8. The van der Waals surface area contributed by atoms with E-state index in [1.54, 1.807) is 12.4 Å². The lowest BCUT2D eigenvalue weighted by Gasteiger charge is -2.30. The Morgan fingerprint density at radius 3 is 2.79 bits per heavy atom. The molecule has 1 saturated carbocycles. The number of rotatable bonds is 3. The van der Waals surface area contributed by atoms with E-state index in [1.165, 1.54) is 5.56 Å². The first-order chi connectivity index (χ1) is 14.2. The number of halogens is 2. The maximum absolute atomic E-state index is 6.24. The zero-order valence-corrected chi connectivity index (χ0v) is 17.3. The molecule has 0 radical (unpaired) electrons. The fourth-order valence-corrected chi connectivity index (χ4v) is 4.65. The van der Waals surface area contributed by atoms with Crippen LogP contribution < -0.4 is 20.9 Å². The van der Waals surface area contributed by atoms with Gasteiger partial charge in [0.05, 0.1) is 52.5 Å². The van der Waals surface area contributed by atoms with Crippen LogP contribution in [-0.4, -0.2) is 28.3 Å². The third-order valence-electron chi connectivity index (χ3n) is 5.68. The van der Waals surface area contributed by atoms with Crippen LogP contribution in [0.4, 0.5) is 0 Å². The van der Waals surface area contributed by atoms with Crippen LogP contribution >= 0.6 is 23.2 Å². The molecule has 2 aliphatic heterocycles. The highest BCUT2D eigenvalue weighted by Crippen LogP contribution is 2.31. The Morgan fingerprint density at radius 1 is 1.10 bits per heavy atom. The fourth-order valence-electron chi connectivity index (χ4n) is 4.31. The minimum atomic E-state index is 0.177. The minimum Gasteiger partial charge on any atom is -0.489 e. The van der Waals surface area contributed by atoms with E-state index in [2.05, 4.69) is 20.5 Å². The van der Waals surface area contributed by atoms with Gasteiger partial charge in [-0.15, -0.1) is 0 Å². The molecule has 0 aromatic carbocycles. The zero-order chi connectivity index (χ0) is 19.8. The van der Waals surface area contributed by atoms with Crippen LogP contribution in [0.5, 0.6) is 5.75 Å². The summed E-state index contributed by atoms with van der Waals surface area (Å²) in [6, 6.07) is 1.81. The van der Waals surface area contributed by atoms with Gasteiger partial charge in [0.15, 0.2) is 0 Å². The molecule has 2 N–H and O–H groups in total. The number of hydrogen-bond donors (Lipinski definition) is 2. The summed E-state index contributed by atoms with van der Waals surface area (Å²) in [6.45, 7) is 1.28. The third-order valence-corrected chi connectivity index (χ3v) is 6.15. The van der Waals surface area contributed by atoms with E-state index in [4.69, 9.17) is 32.9 Å². The molecule has 5 rings (SSSR count). The van der Waals surface area contributed by atoms with E-state index in [0.717, 1.165) is 53.5 Å². The molecule has 29 heavy (non-hydrogen) atoms. The van der Waals surface area contributed by atoms with Gasteiger partial charge in [-0.25, -0.2) is 0 Å². The molecule has 0 unspecified atom stereocenters. The Balaban J connectivity index is 1.33. The number of allylic oxidation sites excluding steroid dienone is 1. The van der Waals surface area contributed by atoms with Crippen molar-refractivity contribution in [1.82, 2.24) is 15.4 Å². The van der Waals surface area contributed by atoms with Crippen molar-refractivity contribution in [2.75, 3.05) is 6.54 Å². The Bertz CT molecular complexity index is 1110. The summed E-state index contributed by atoms with van der Waals surface area (Å²) >= 11 is 12.2. The molecular weight excluding hydrogens is 409 g/mol. The first-order valence-electron chi connectivity index (χ1n) is 9.88. The van der Waals surface area contributed by atoms with Crippen molar-refractivity contribution in [3.05, 3.63) is 56.6 Å². The second-order valence-electron chi connectivity index (χ2n) is 7.58. The van der Waals surface area contributed by atoms with E-state index < -0.39 is 0 Å². The number of hydrazone groups is 1. The Hall–Kier alpha value is -2.31. The van der Waals surface area contributed by atoms with Gasteiger partial charge < -0.3 is 15.1 Å². The van der Waals surface area contributed by atoms with E-state index in [-0.39, 0.29) is 6.10 Å². The Morgan fingerprint density at radius 2 is 1.97 bits per heavy atom. The largest absolute Gasteiger partial charge is 0.489 e. The average Bonchev–Trinajstić information content (AvgIpc) is 2.95. The van der Waals surface area contributed by atoms with Gasteiger partial charge in [-0.2, -0.15) is 5.10 Å². The smallest absolute Gasteiger partial charge is 0.139 e.